The molecule has 0 bridgehead atoms. The topological polar surface area (TPSA) is 237 Å². The Labute approximate surface area is 600 Å². The number of esters is 4. The first-order valence-corrected chi connectivity index (χ1v) is 44.1. The number of carbonyl (C=O) groups excluding carboxylic acids is 4. The van der Waals surface area contributed by atoms with E-state index >= 15 is 0 Å². The van der Waals surface area contributed by atoms with Gasteiger partial charge in [0.2, 0.25) is 0 Å². The Kier molecular flexibility index (Phi) is 70.6. The number of carbonyl (C=O) groups is 4. The van der Waals surface area contributed by atoms with E-state index in [0.29, 0.717) is 25.7 Å². The third kappa shape index (κ3) is 72.4. The number of aliphatic hydroxyl groups excluding tert-OH is 1. The molecule has 0 aliphatic heterocycles. The number of phosphoric ester groups is 2. The summed E-state index contributed by atoms with van der Waals surface area (Å²) in [5.41, 5.74) is 0. The van der Waals surface area contributed by atoms with Gasteiger partial charge in [-0.15, -0.1) is 0 Å². The molecule has 5 atom stereocenters. The molecule has 0 aromatic rings. The zero-order valence-corrected chi connectivity index (χ0v) is 65.7. The fraction of sp³-hybridized carbons (Fsp3) is 0.949. The molecule has 0 aromatic heterocycles. The van der Waals surface area contributed by atoms with Crippen LogP contribution >= 0.6 is 15.6 Å². The van der Waals surface area contributed by atoms with Crippen molar-refractivity contribution < 1.29 is 80.2 Å². The third-order valence-corrected chi connectivity index (χ3v) is 20.4. The smallest absolute Gasteiger partial charge is 0.462 e. The van der Waals surface area contributed by atoms with Crippen LogP contribution in [0.15, 0.2) is 0 Å². The zero-order valence-electron chi connectivity index (χ0n) is 63.9. The summed E-state index contributed by atoms with van der Waals surface area (Å²) in [7, 11) is -9.91. The monoisotopic (exact) mass is 1440 g/mol. The number of phosphoric acid groups is 2. The number of ether oxygens (including phenoxy) is 4. The van der Waals surface area contributed by atoms with E-state index in [0.717, 1.165) is 109 Å². The maximum Gasteiger partial charge on any atom is 0.472 e. The summed E-state index contributed by atoms with van der Waals surface area (Å²) in [6.07, 6.45) is 62.6. The van der Waals surface area contributed by atoms with E-state index < -0.39 is 97.5 Å². The van der Waals surface area contributed by atoms with Gasteiger partial charge in [0, 0.05) is 25.7 Å². The molecule has 0 saturated carbocycles. The molecule has 0 radical (unpaired) electrons. The highest BCUT2D eigenvalue weighted by Gasteiger charge is 2.30. The van der Waals surface area contributed by atoms with Gasteiger partial charge < -0.3 is 33.8 Å². The second-order valence-corrected chi connectivity index (χ2v) is 31.8. The first-order valence-electron chi connectivity index (χ1n) is 41.1. The normalized spacial score (nSPS) is 13.9. The van der Waals surface area contributed by atoms with E-state index in [1.165, 1.54) is 231 Å². The molecule has 98 heavy (non-hydrogen) atoms. The summed E-state index contributed by atoms with van der Waals surface area (Å²) in [4.78, 5) is 72.8. The fourth-order valence-electron chi connectivity index (χ4n) is 12.2. The summed E-state index contributed by atoms with van der Waals surface area (Å²) in [6, 6.07) is 0. The molecule has 2 unspecified atom stereocenters. The number of hydrogen-bond acceptors (Lipinski definition) is 15. The van der Waals surface area contributed by atoms with Gasteiger partial charge in [0.05, 0.1) is 26.4 Å². The summed E-state index contributed by atoms with van der Waals surface area (Å²) >= 11 is 0. The van der Waals surface area contributed by atoms with Crippen LogP contribution in [0.5, 0.6) is 0 Å². The molecular weight excluding hydrogens is 1280 g/mol. The van der Waals surface area contributed by atoms with Gasteiger partial charge in [-0.2, -0.15) is 0 Å². The number of aliphatic hydroxyl groups is 1. The molecule has 0 amide bonds. The summed E-state index contributed by atoms with van der Waals surface area (Å²) in [5, 5.41) is 10.6. The molecule has 17 nitrogen and oxygen atoms in total. The highest BCUT2D eigenvalue weighted by molar-refractivity contribution is 7.47. The lowest BCUT2D eigenvalue weighted by molar-refractivity contribution is -0.161. The van der Waals surface area contributed by atoms with E-state index in [1.807, 2.05) is 0 Å². The van der Waals surface area contributed by atoms with E-state index in [4.69, 9.17) is 37.0 Å². The van der Waals surface area contributed by atoms with Crippen molar-refractivity contribution in [1.29, 1.82) is 0 Å². The van der Waals surface area contributed by atoms with Gasteiger partial charge in [-0.3, -0.25) is 37.3 Å². The van der Waals surface area contributed by atoms with Crippen molar-refractivity contribution in [3.63, 3.8) is 0 Å². The van der Waals surface area contributed by atoms with Crippen LogP contribution < -0.4 is 0 Å². The molecule has 19 heteroatoms. The number of rotatable bonds is 79. The van der Waals surface area contributed by atoms with Gasteiger partial charge in [-0.25, -0.2) is 9.13 Å². The van der Waals surface area contributed by atoms with E-state index in [-0.39, 0.29) is 25.7 Å². The summed E-state index contributed by atoms with van der Waals surface area (Å²) in [6.45, 7) is 7.30. The SMILES string of the molecule is CCCCCCCCCCCCCCCCCCCCC(=O)O[C@H](COC(=O)CCCCCCCCCCCCCCCCCCC)COP(=O)(O)OC[C@@H](O)COP(=O)(O)OC[C@@H](COC(=O)CCCCCCCCC)OC(=O)CCCCCCCCCCCCCCCC(C)C. The van der Waals surface area contributed by atoms with Gasteiger partial charge in [0.25, 0.3) is 0 Å². The molecule has 0 spiro atoms. The van der Waals surface area contributed by atoms with E-state index in [1.54, 1.807) is 0 Å². The molecule has 0 saturated heterocycles. The van der Waals surface area contributed by atoms with Gasteiger partial charge in [-0.05, 0) is 31.6 Å². The van der Waals surface area contributed by atoms with Crippen LogP contribution in [0.1, 0.15) is 420 Å². The van der Waals surface area contributed by atoms with Crippen LogP contribution in [0.2, 0.25) is 0 Å². The lowest BCUT2D eigenvalue weighted by Crippen LogP contribution is -2.30. The predicted octanol–water partition coefficient (Wildman–Crippen LogP) is 23.6. The maximum absolute atomic E-state index is 13.1. The molecule has 0 aliphatic carbocycles. The lowest BCUT2D eigenvalue weighted by Gasteiger charge is -2.21. The molecule has 582 valence electrons. The van der Waals surface area contributed by atoms with Crippen molar-refractivity contribution in [3.8, 4) is 0 Å². The molecule has 0 aliphatic rings. The minimum Gasteiger partial charge on any atom is -0.462 e. The van der Waals surface area contributed by atoms with Gasteiger partial charge in [0.15, 0.2) is 12.2 Å². The second-order valence-electron chi connectivity index (χ2n) is 28.9. The van der Waals surface area contributed by atoms with Crippen molar-refractivity contribution >= 4 is 39.5 Å². The van der Waals surface area contributed by atoms with Crippen LogP contribution in [-0.2, 0) is 65.4 Å². The first kappa shape index (κ1) is 96.1. The van der Waals surface area contributed by atoms with Crippen LogP contribution in [0.4, 0.5) is 0 Å². The second kappa shape index (κ2) is 72.0. The number of hydrogen-bond donors (Lipinski definition) is 3. The number of unbranched alkanes of at least 4 members (excludes halogenated alkanes) is 51. The molecule has 0 rings (SSSR count). The van der Waals surface area contributed by atoms with E-state index in [9.17, 15) is 43.2 Å². The largest absolute Gasteiger partial charge is 0.472 e. The Morgan fingerprint density at radius 2 is 0.469 bits per heavy atom. The minimum absolute atomic E-state index is 0.107. The third-order valence-electron chi connectivity index (χ3n) is 18.5. The van der Waals surface area contributed by atoms with Crippen molar-refractivity contribution in [2.75, 3.05) is 39.6 Å². The van der Waals surface area contributed by atoms with Crippen molar-refractivity contribution in [3.05, 3.63) is 0 Å². The fourth-order valence-corrected chi connectivity index (χ4v) is 13.8. The minimum atomic E-state index is -4.96. The summed E-state index contributed by atoms with van der Waals surface area (Å²) < 4.78 is 68.6. The average molecular weight is 1440 g/mol. The zero-order chi connectivity index (χ0) is 71.9. The predicted molar refractivity (Wildman–Crippen MR) is 400 cm³/mol. The van der Waals surface area contributed by atoms with Crippen molar-refractivity contribution in [2.45, 2.75) is 438 Å². The van der Waals surface area contributed by atoms with Gasteiger partial charge in [-0.1, -0.05) is 369 Å². The Balaban J connectivity index is 5.18. The highest BCUT2D eigenvalue weighted by atomic mass is 31.2. The standard InChI is InChI=1S/C79H154O17P2/c1-6-9-12-15-18-20-22-24-26-28-30-32-36-40-44-49-54-59-64-79(84)96-75(69-90-77(82)63-58-53-48-43-39-35-31-29-27-25-23-21-19-16-13-10-7-2)71-94-98(87,88)92-67-73(80)66-91-97(85,86)93-70-74(68-89-76(81)62-57-52-46-17-14-11-8-3)95-78(83)65-60-55-50-45-41-37-33-34-38-42-47-51-56-61-72(4)5/h72-75,80H,6-71H2,1-5H3,(H,85,86)(H,87,88)/t73-,74+,75+/m0/s1. The Morgan fingerprint density at radius 1 is 0.276 bits per heavy atom. The molecular formula is C79H154O17P2. The van der Waals surface area contributed by atoms with Gasteiger partial charge >= 0.3 is 39.5 Å². The average Bonchev–Trinajstić information content (AvgIpc) is 1.02. The highest BCUT2D eigenvalue weighted by Crippen LogP contribution is 2.45. The lowest BCUT2D eigenvalue weighted by atomic mass is 10.0. The molecule has 0 fully saturated rings. The van der Waals surface area contributed by atoms with Crippen LogP contribution in [0, 0.1) is 5.92 Å². The Hall–Kier alpha value is -1.94. The molecule has 0 aromatic carbocycles. The van der Waals surface area contributed by atoms with Crippen molar-refractivity contribution in [1.82, 2.24) is 0 Å². The summed E-state index contributed by atoms with van der Waals surface area (Å²) in [5.74, 6) is -1.33. The first-order chi connectivity index (χ1) is 47.5. The van der Waals surface area contributed by atoms with Crippen LogP contribution in [-0.4, -0.2) is 96.7 Å². The van der Waals surface area contributed by atoms with Crippen LogP contribution in [0.25, 0.3) is 0 Å². The Bertz CT molecular complexity index is 1870. The van der Waals surface area contributed by atoms with Crippen molar-refractivity contribution in [2.24, 2.45) is 5.92 Å². The molecule has 0 heterocycles. The van der Waals surface area contributed by atoms with E-state index in [2.05, 4.69) is 34.6 Å². The quantitative estimate of drug-likeness (QED) is 0.0222. The van der Waals surface area contributed by atoms with Gasteiger partial charge in [0.1, 0.15) is 19.3 Å². The van der Waals surface area contributed by atoms with Crippen LogP contribution in [0.3, 0.4) is 0 Å². The molecule has 3 N–H and O–H groups in total. The maximum atomic E-state index is 13.1. The Morgan fingerprint density at radius 3 is 0.694 bits per heavy atom.